The van der Waals surface area contributed by atoms with Crippen LogP contribution in [0.5, 0.6) is 0 Å². The van der Waals surface area contributed by atoms with Crippen molar-refractivity contribution < 1.29 is 14.6 Å². The Hall–Kier alpha value is -4.20. The molecule has 0 spiro atoms. The van der Waals surface area contributed by atoms with E-state index in [1.807, 2.05) is 0 Å². The molecule has 3 aromatic rings. The van der Waals surface area contributed by atoms with E-state index in [0.717, 1.165) is 12.4 Å². The number of nitrogens with zero attached hydrogens (tertiary/aromatic N) is 5. The lowest BCUT2D eigenvalue weighted by Gasteiger charge is -2.10. The zero-order chi connectivity index (χ0) is 21.7. The molecule has 14 heteroatoms. The number of hydrazine groups is 1. The average molecular weight is 475 g/mol. The van der Waals surface area contributed by atoms with Crippen LogP contribution in [0.4, 0.5) is 28.8 Å². The summed E-state index contributed by atoms with van der Waals surface area (Å²) < 4.78 is 0.713. The van der Waals surface area contributed by atoms with Crippen molar-refractivity contribution >= 4 is 50.7 Å². The maximum Gasteiger partial charge on any atom is 0.355 e. The first-order valence-corrected chi connectivity index (χ1v) is 8.84. The number of rotatable bonds is 7. The quantitative estimate of drug-likeness (QED) is 0.340. The van der Waals surface area contributed by atoms with Gasteiger partial charge in [0.05, 0.1) is 9.85 Å². The molecular weight excluding hydrogens is 464 g/mol. The highest BCUT2D eigenvalue weighted by Crippen LogP contribution is 2.30. The topological polar surface area (TPSA) is 178 Å². The summed E-state index contributed by atoms with van der Waals surface area (Å²) in [6, 6.07) is 8.51. The maximum atomic E-state index is 12.3. The third kappa shape index (κ3) is 4.61. The SMILES string of the molecule is O=C(NNc1ncnc(Nc2ccc(Br)cn2)c1[N+](=O)[O-])c1ccccc1[N+](=O)[O-]. The Morgan fingerprint density at radius 2 is 1.70 bits per heavy atom. The van der Waals surface area contributed by atoms with Crippen LogP contribution in [0.15, 0.2) is 53.4 Å². The highest BCUT2D eigenvalue weighted by atomic mass is 79.9. The second-order valence-corrected chi connectivity index (χ2v) is 6.43. The van der Waals surface area contributed by atoms with Gasteiger partial charge in [-0.25, -0.2) is 15.0 Å². The number of amides is 1. The monoisotopic (exact) mass is 474 g/mol. The van der Waals surface area contributed by atoms with Crippen molar-refractivity contribution in [3.05, 3.63) is 79.2 Å². The molecule has 0 saturated carbocycles. The first-order chi connectivity index (χ1) is 14.4. The first-order valence-electron chi connectivity index (χ1n) is 8.04. The number of pyridine rings is 1. The molecule has 152 valence electrons. The van der Waals surface area contributed by atoms with Gasteiger partial charge in [-0.1, -0.05) is 12.1 Å². The normalized spacial score (nSPS) is 10.2. The number of nitro groups is 2. The minimum absolute atomic E-state index is 0.174. The minimum atomic E-state index is -0.876. The van der Waals surface area contributed by atoms with Gasteiger partial charge < -0.3 is 5.32 Å². The zero-order valence-electron chi connectivity index (χ0n) is 14.8. The zero-order valence-corrected chi connectivity index (χ0v) is 16.4. The number of nitrogens with one attached hydrogen (secondary N) is 3. The van der Waals surface area contributed by atoms with Gasteiger partial charge in [0.15, 0.2) is 0 Å². The molecule has 0 aliphatic rings. The highest BCUT2D eigenvalue weighted by molar-refractivity contribution is 9.10. The molecule has 13 nitrogen and oxygen atoms in total. The largest absolute Gasteiger partial charge is 0.355 e. The molecule has 0 aliphatic heterocycles. The fourth-order valence-electron chi connectivity index (χ4n) is 2.31. The number of hydrogen-bond acceptors (Lipinski definition) is 10. The third-order valence-electron chi connectivity index (χ3n) is 3.62. The maximum absolute atomic E-state index is 12.3. The Kier molecular flexibility index (Phi) is 6.07. The predicted octanol–water partition coefficient (Wildman–Crippen LogP) is 2.95. The molecule has 2 aromatic heterocycles. The molecule has 2 heterocycles. The van der Waals surface area contributed by atoms with Crippen molar-refractivity contribution in [1.82, 2.24) is 20.4 Å². The van der Waals surface area contributed by atoms with Crippen LogP contribution < -0.4 is 16.2 Å². The van der Waals surface area contributed by atoms with E-state index in [1.165, 1.54) is 24.4 Å². The van der Waals surface area contributed by atoms with E-state index >= 15 is 0 Å². The van der Waals surface area contributed by atoms with Crippen molar-refractivity contribution in [2.75, 3.05) is 10.7 Å². The summed E-state index contributed by atoms with van der Waals surface area (Å²) in [4.78, 5) is 45.1. The Balaban J connectivity index is 1.84. The van der Waals surface area contributed by atoms with Gasteiger partial charge in [-0.05, 0) is 34.1 Å². The number of hydrogen-bond donors (Lipinski definition) is 3. The number of benzene rings is 1. The van der Waals surface area contributed by atoms with Gasteiger partial charge in [-0.15, -0.1) is 0 Å². The molecule has 1 aromatic carbocycles. The van der Waals surface area contributed by atoms with Gasteiger partial charge in [0.2, 0.25) is 11.6 Å². The smallest absolute Gasteiger partial charge is 0.319 e. The number of aromatic nitrogens is 3. The third-order valence-corrected chi connectivity index (χ3v) is 4.09. The summed E-state index contributed by atoms with van der Waals surface area (Å²) in [7, 11) is 0. The molecule has 3 rings (SSSR count). The molecule has 30 heavy (non-hydrogen) atoms. The summed E-state index contributed by atoms with van der Waals surface area (Å²) in [5, 5.41) is 25.3. The van der Waals surface area contributed by atoms with Crippen LogP contribution >= 0.6 is 15.9 Å². The molecule has 3 N–H and O–H groups in total. The van der Waals surface area contributed by atoms with E-state index in [1.54, 1.807) is 12.1 Å². The van der Waals surface area contributed by atoms with E-state index in [4.69, 9.17) is 0 Å². The van der Waals surface area contributed by atoms with Crippen LogP contribution in [0.25, 0.3) is 0 Å². The lowest BCUT2D eigenvalue weighted by Crippen LogP contribution is -2.30. The van der Waals surface area contributed by atoms with Gasteiger partial charge in [0.25, 0.3) is 11.6 Å². The lowest BCUT2D eigenvalue weighted by molar-refractivity contribution is -0.385. The second kappa shape index (κ2) is 8.87. The number of carbonyl (C=O) groups is 1. The molecule has 1 amide bonds. The van der Waals surface area contributed by atoms with Crippen LogP contribution in [0, 0.1) is 20.2 Å². The molecule has 0 fully saturated rings. The van der Waals surface area contributed by atoms with E-state index in [9.17, 15) is 25.0 Å². The Morgan fingerprint density at radius 1 is 0.967 bits per heavy atom. The van der Waals surface area contributed by atoms with Crippen molar-refractivity contribution in [2.45, 2.75) is 0 Å². The minimum Gasteiger partial charge on any atom is -0.319 e. The summed E-state index contributed by atoms with van der Waals surface area (Å²) in [6.07, 6.45) is 2.52. The molecule has 0 unspecified atom stereocenters. The second-order valence-electron chi connectivity index (χ2n) is 5.52. The van der Waals surface area contributed by atoms with E-state index in [-0.39, 0.29) is 23.0 Å². The number of nitro benzene ring substituents is 1. The number of carbonyl (C=O) groups excluding carboxylic acids is 1. The fraction of sp³-hybridized carbons (Fsp3) is 0. The van der Waals surface area contributed by atoms with Gasteiger partial charge in [0, 0.05) is 16.7 Å². The Bertz CT molecular complexity index is 1120. The highest BCUT2D eigenvalue weighted by Gasteiger charge is 2.25. The summed E-state index contributed by atoms with van der Waals surface area (Å²) >= 11 is 3.23. The van der Waals surface area contributed by atoms with Crippen LogP contribution in [0.3, 0.4) is 0 Å². The molecular formula is C16H11BrN8O5. The molecule has 0 atom stereocenters. The standard InChI is InChI=1S/C16H11BrN8O5/c17-9-5-6-12(18-7-9)21-14-13(25(29)30)15(20-8-19-14)22-23-16(26)10-3-1-2-4-11(10)24(27)28/h1-8H,(H,23,26)(H2,18,19,20,21,22). The van der Waals surface area contributed by atoms with Crippen LogP contribution in [0.2, 0.25) is 0 Å². The molecule has 0 aliphatic carbocycles. The molecule has 0 radical (unpaired) electrons. The van der Waals surface area contributed by atoms with Crippen molar-refractivity contribution in [3.8, 4) is 0 Å². The van der Waals surface area contributed by atoms with Gasteiger partial charge in [0.1, 0.15) is 17.7 Å². The molecule has 0 saturated heterocycles. The van der Waals surface area contributed by atoms with Crippen LogP contribution in [-0.2, 0) is 0 Å². The average Bonchev–Trinajstić information content (AvgIpc) is 2.73. The summed E-state index contributed by atoms with van der Waals surface area (Å²) in [5.41, 5.74) is 3.26. The Labute approximate surface area is 176 Å². The van der Waals surface area contributed by atoms with Crippen LogP contribution in [0.1, 0.15) is 10.4 Å². The van der Waals surface area contributed by atoms with E-state index in [2.05, 4.69) is 47.1 Å². The lowest BCUT2D eigenvalue weighted by atomic mass is 10.2. The first kappa shape index (κ1) is 20.5. The Morgan fingerprint density at radius 3 is 2.37 bits per heavy atom. The number of anilines is 3. The van der Waals surface area contributed by atoms with Gasteiger partial charge in [-0.3, -0.25) is 35.9 Å². The predicted molar refractivity (Wildman–Crippen MR) is 108 cm³/mol. The van der Waals surface area contributed by atoms with Gasteiger partial charge >= 0.3 is 5.69 Å². The fourth-order valence-corrected chi connectivity index (χ4v) is 2.55. The van der Waals surface area contributed by atoms with E-state index < -0.39 is 27.1 Å². The van der Waals surface area contributed by atoms with Crippen molar-refractivity contribution in [3.63, 3.8) is 0 Å². The summed E-state index contributed by atoms with van der Waals surface area (Å²) in [5.74, 6) is -1.09. The number of halogens is 1. The van der Waals surface area contributed by atoms with Crippen LogP contribution in [-0.4, -0.2) is 30.7 Å². The summed E-state index contributed by atoms with van der Waals surface area (Å²) in [6.45, 7) is 0. The van der Waals surface area contributed by atoms with Crippen molar-refractivity contribution in [1.29, 1.82) is 0 Å². The molecule has 0 bridgehead atoms. The van der Waals surface area contributed by atoms with Gasteiger partial charge in [-0.2, -0.15) is 0 Å². The van der Waals surface area contributed by atoms with E-state index in [0.29, 0.717) is 4.47 Å². The number of para-hydroxylation sites is 1. The van der Waals surface area contributed by atoms with Crippen molar-refractivity contribution in [2.24, 2.45) is 0 Å².